The molecule has 0 aliphatic carbocycles. The van der Waals surface area contributed by atoms with Crippen LogP contribution in [0.2, 0.25) is 0 Å². The van der Waals surface area contributed by atoms with Gasteiger partial charge in [0.25, 0.3) is 0 Å². The molecule has 0 atom stereocenters. The molecule has 1 N–H and O–H groups in total. The summed E-state index contributed by atoms with van der Waals surface area (Å²) in [7, 11) is 1.67. The van der Waals surface area contributed by atoms with E-state index in [-0.39, 0.29) is 0 Å². The highest BCUT2D eigenvalue weighted by molar-refractivity contribution is 7.71. The van der Waals surface area contributed by atoms with Crippen LogP contribution in [0.4, 0.5) is 0 Å². The van der Waals surface area contributed by atoms with Gasteiger partial charge in [-0.1, -0.05) is 26.0 Å². The minimum Gasteiger partial charge on any atom is -0.497 e. The second kappa shape index (κ2) is 6.02. The van der Waals surface area contributed by atoms with Gasteiger partial charge in [-0.3, -0.25) is 5.10 Å². The molecule has 0 aliphatic rings. The molecule has 0 fully saturated rings. The molecule has 4 nitrogen and oxygen atoms in total. The van der Waals surface area contributed by atoms with Crippen LogP contribution in [-0.4, -0.2) is 21.9 Å². The van der Waals surface area contributed by atoms with Crippen molar-refractivity contribution in [3.63, 3.8) is 0 Å². The molecule has 19 heavy (non-hydrogen) atoms. The summed E-state index contributed by atoms with van der Waals surface area (Å²) >= 11 is 5.27. The largest absolute Gasteiger partial charge is 0.497 e. The molecule has 1 aromatic heterocycles. The van der Waals surface area contributed by atoms with Gasteiger partial charge in [0.1, 0.15) is 11.6 Å². The number of benzene rings is 1. The Labute approximate surface area is 118 Å². The second-order valence-corrected chi connectivity index (χ2v) is 5.36. The van der Waals surface area contributed by atoms with E-state index in [1.54, 1.807) is 7.11 Å². The summed E-state index contributed by atoms with van der Waals surface area (Å²) < 4.78 is 7.92. The molecule has 102 valence electrons. The molecule has 0 saturated heterocycles. The quantitative estimate of drug-likeness (QED) is 0.853. The van der Waals surface area contributed by atoms with Crippen LogP contribution in [0.1, 0.15) is 25.2 Å². The van der Waals surface area contributed by atoms with Crippen LogP contribution < -0.4 is 4.74 Å². The molecular weight excluding hydrogens is 258 g/mol. The van der Waals surface area contributed by atoms with Crippen molar-refractivity contribution in [1.82, 2.24) is 14.8 Å². The average molecular weight is 277 g/mol. The van der Waals surface area contributed by atoms with Crippen molar-refractivity contribution >= 4 is 12.2 Å². The fourth-order valence-corrected chi connectivity index (χ4v) is 2.19. The Morgan fingerprint density at radius 3 is 2.58 bits per heavy atom. The minimum atomic E-state index is 0.541. The van der Waals surface area contributed by atoms with Gasteiger partial charge in [-0.25, -0.2) is 0 Å². The molecule has 0 spiro atoms. The maximum atomic E-state index is 5.27. The molecule has 0 bridgehead atoms. The minimum absolute atomic E-state index is 0.541. The van der Waals surface area contributed by atoms with Crippen molar-refractivity contribution in [2.45, 2.75) is 26.8 Å². The highest BCUT2D eigenvalue weighted by atomic mass is 32.1. The van der Waals surface area contributed by atoms with E-state index in [4.69, 9.17) is 17.0 Å². The third-order valence-electron chi connectivity index (χ3n) is 2.91. The van der Waals surface area contributed by atoms with Crippen LogP contribution in [0.5, 0.6) is 5.75 Å². The summed E-state index contributed by atoms with van der Waals surface area (Å²) in [4.78, 5) is 0. The van der Waals surface area contributed by atoms with E-state index in [9.17, 15) is 0 Å². The number of rotatable bonds is 5. The molecule has 0 radical (unpaired) electrons. The lowest BCUT2D eigenvalue weighted by molar-refractivity contribution is 0.414. The van der Waals surface area contributed by atoms with E-state index in [1.165, 1.54) is 5.56 Å². The normalized spacial score (nSPS) is 10.9. The SMILES string of the molecule is COc1ccc(Cc2n[nH]c(=S)n2CC(C)C)cc1. The molecule has 1 heterocycles. The van der Waals surface area contributed by atoms with Gasteiger partial charge in [0.05, 0.1) is 7.11 Å². The maximum absolute atomic E-state index is 5.27. The first-order chi connectivity index (χ1) is 9.10. The first-order valence-corrected chi connectivity index (χ1v) is 6.78. The summed E-state index contributed by atoms with van der Waals surface area (Å²) in [5, 5.41) is 7.20. The molecule has 2 aromatic rings. The van der Waals surface area contributed by atoms with E-state index in [1.807, 2.05) is 12.1 Å². The zero-order valence-electron chi connectivity index (χ0n) is 11.5. The Hall–Kier alpha value is -1.62. The van der Waals surface area contributed by atoms with Gasteiger partial charge < -0.3 is 9.30 Å². The molecule has 0 aliphatic heterocycles. The van der Waals surface area contributed by atoms with Gasteiger partial charge in [0.15, 0.2) is 4.77 Å². The number of hydrogen-bond acceptors (Lipinski definition) is 3. The molecule has 2 rings (SSSR count). The number of ether oxygens (including phenoxy) is 1. The van der Waals surface area contributed by atoms with Crippen molar-refractivity contribution in [2.24, 2.45) is 5.92 Å². The first-order valence-electron chi connectivity index (χ1n) is 6.37. The van der Waals surface area contributed by atoms with Crippen molar-refractivity contribution in [3.05, 3.63) is 40.4 Å². The van der Waals surface area contributed by atoms with Gasteiger partial charge in [0, 0.05) is 13.0 Å². The Morgan fingerprint density at radius 2 is 2.00 bits per heavy atom. The van der Waals surface area contributed by atoms with Gasteiger partial charge in [0.2, 0.25) is 0 Å². The summed E-state index contributed by atoms with van der Waals surface area (Å²) in [5.41, 5.74) is 1.19. The topological polar surface area (TPSA) is 42.8 Å². The average Bonchev–Trinajstić information content (AvgIpc) is 2.72. The predicted octanol–water partition coefficient (Wildman–Crippen LogP) is 3.20. The number of methoxy groups -OCH3 is 1. The van der Waals surface area contributed by atoms with Gasteiger partial charge in [-0.15, -0.1) is 0 Å². The van der Waals surface area contributed by atoms with Crippen LogP contribution >= 0.6 is 12.2 Å². The summed E-state index contributed by atoms with van der Waals surface area (Å²) in [6.45, 7) is 5.23. The second-order valence-electron chi connectivity index (χ2n) is 4.97. The van der Waals surface area contributed by atoms with Crippen LogP contribution in [0, 0.1) is 10.7 Å². The van der Waals surface area contributed by atoms with E-state index >= 15 is 0 Å². The number of nitrogens with zero attached hydrogens (tertiary/aromatic N) is 2. The Morgan fingerprint density at radius 1 is 1.32 bits per heavy atom. The zero-order chi connectivity index (χ0) is 13.8. The number of aromatic amines is 1. The van der Waals surface area contributed by atoms with Gasteiger partial charge in [-0.2, -0.15) is 5.10 Å². The van der Waals surface area contributed by atoms with Crippen LogP contribution in [0.25, 0.3) is 0 Å². The fourth-order valence-electron chi connectivity index (χ4n) is 1.96. The zero-order valence-corrected chi connectivity index (χ0v) is 12.3. The lowest BCUT2D eigenvalue weighted by Crippen LogP contribution is -2.09. The maximum Gasteiger partial charge on any atom is 0.195 e. The smallest absolute Gasteiger partial charge is 0.195 e. The lowest BCUT2D eigenvalue weighted by Gasteiger charge is -2.09. The highest BCUT2D eigenvalue weighted by Crippen LogP contribution is 2.14. The third kappa shape index (κ3) is 3.44. The van der Waals surface area contributed by atoms with Crippen molar-refractivity contribution in [3.8, 4) is 5.75 Å². The molecular formula is C14H19N3OS. The Bertz CT molecular complexity index is 583. The predicted molar refractivity (Wildman–Crippen MR) is 78.0 cm³/mol. The van der Waals surface area contributed by atoms with Gasteiger partial charge in [-0.05, 0) is 35.8 Å². The number of aromatic nitrogens is 3. The Kier molecular flexibility index (Phi) is 4.37. The molecule has 0 amide bonds. The lowest BCUT2D eigenvalue weighted by atomic mass is 10.1. The monoisotopic (exact) mass is 277 g/mol. The van der Waals surface area contributed by atoms with E-state index in [0.717, 1.165) is 24.5 Å². The van der Waals surface area contributed by atoms with E-state index in [0.29, 0.717) is 10.7 Å². The molecule has 0 unspecified atom stereocenters. The molecule has 5 heteroatoms. The van der Waals surface area contributed by atoms with E-state index in [2.05, 4.69) is 40.7 Å². The summed E-state index contributed by atoms with van der Waals surface area (Å²) in [6, 6.07) is 8.03. The third-order valence-corrected chi connectivity index (χ3v) is 3.22. The molecule has 1 aromatic carbocycles. The summed E-state index contributed by atoms with van der Waals surface area (Å²) in [5.74, 6) is 2.38. The van der Waals surface area contributed by atoms with Crippen molar-refractivity contribution in [1.29, 1.82) is 0 Å². The number of nitrogens with one attached hydrogen (secondary N) is 1. The number of hydrogen-bond donors (Lipinski definition) is 1. The fraction of sp³-hybridized carbons (Fsp3) is 0.429. The number of H-pyrrole nitrogens is 1. The van der Waals surface area contributed by atoms with Crippen LogP contribution in [0.3, 0.4) is 0 Å². The standard InChI is InChI=1S/C14H19N3OS/c1-10(2)9-17-13(15-16-14(17)19)8-11-4-6-12(18-3)7-5-11/h4-7,10H,8-9H2,1-3H3,(H,16,19). The van der Waals surface area contributed by atoms with E-state index < -0.39 is 0 Å². The van der Waals surface area contributed by atoms with Crippen molar-refractivity contribution < 1.29 is 4.74 Å². The molecule has 0 saturated carbocycles. The Balaban J connectivity index is 2.20. The van der Waals surface area contributed by atoms with Crippen LogP contribution in [-0.2, 0) is 13.0 Å². The highest BCUT2D eigenvalue weighted by Gasteiger charge is 2.08. The first kappa shape index (κ1) is 13.8. The van der Waals surface area contributed by atoms with Crippen LogP contribution in [0.15, 0.2) is 24.3 Å². The van der Waals surface area contributed by atoms with Gasteiger partial charge >= 0.3 is 0 Å². The van der Waals surface area contributed by atoms with Crippen molar-refractivity contribution in [2.75, 3.05) is 7.11 Å². The summed E-state index contributed by atoms with van der Waals surface area (Å²) in [6.07, 6.45) is 0.768.